The maximum Gasteiger partial charge on any atom is 0.250 e. The third kappa shape index (κ3) is 18.5. The summed E-state index contributed by atoms with van der Waals surface area (Å²) < 4.78 is 29.9. The van der Waals surface area contributed by atoms with Crippen molar-refractivity contribution in [2.24, 2.45) is 11.5 Å². The maximum atomic E-state index is 15.3. The van der Waals surface area contributed by atoms with Crippen LogP contribution in [0.3, 0.4) is 0 Å². The molecule has 14 N–H and O–H groups in total. The molecule has 3 aliphatic heterocycles. The number of benzene rings is 5. The average Bonchev–Trinajstić information content (AvgIpc) is 1.69. The van der Waals surface area contributed by atoms with Crippen LogP contribution in [0.1, 0.15) is 85.3 Å². The summed E-state index contributed by atoms with van der Waals surface area (Å²) in [6.07, 6.45) is 4.31. The van der Waals surface area contributed by atoms with Crippen molar-refractivity contribution in [1.82, 2.24) is 52.1 Å². The van der Waals surface area contributed by atoms with Crippen molar-refractivity contribution >= 4 is 110 Å². The van der Waals surface area contributed by atoms with Crippen LogP contribution >= 0.6 is 23.5 Å². The number of aryl methyl sites for hydroxylation is 1. The van der Waals surface area contributed by atoms with E-state index >= 15 is 19.2 Å². The van der Waals surface area contributed by atoms with Crippen LogP contribution in [0.2, 0.25) is 0 Å². The number of aromatic amines is 2. The van der Waals surface area contributed by atoms with Gasteiger partial charge in [0, 0.05) is 95.1 Å². The van der Waals surface area contributed by atoms with Crippen molar-refractivity contribution in [3.05, 3.63) is 167 Å². The van der Waals surface area contributed by atoms with Gasteiger partial charge in [-0.15, -0.1) is 0 Å². The number of carbonyl (C=O) groups excluding carboxylic acids is 10. The van der Waals surface area contributed by atoms with Crippen LogP contribution < -0.4 is 53.6 Å². The topological polar surface area (TPSA) is 365 Å². The number of rotatable bonds is 11. The predicted molar refractivity (Wildman–Crippen MR) is 372 cm³/mol. The lowest BCUT2D eigenvalue weighted by atomic mass is 9.95. The molecule has 0 aliphatic carbocycles. The second kappa shape index (κ2) is 33.2. The van der Waals surface area contributed by atoms with Gasteiger partial charge >= 0.3 is 0 Å². The summed E-state index contributed by atoms with van der Waals surface area (Å²) in [6, 6.07) is 20.4. The van der Waals surface area contributed by atoms with Crippen LogP contribution in [0.5, 0.6) is 5.75 Å². The molecule has 7 aromatic rings. The maximum absolute atomic E-state index is 15.3. The van der Waals surface area contributed by atoms with E-state index in [9.17, 15) is 42.7 Å². The fraction of sp³-hybridized carbons (Fsp3) is 0.380. The Kier molecular flexibility index (Phi) is 24.1. The highest BCUT2D eigenvalue weighted by Gasteiger charge is 2.48. The summed E-state index contributed by atoms with van der Waals surface area (Å²) in [7, 11) is 0. The number of nitrogens with one attached hydrogen (secondary N) is 9. The third-order valence-corrected chi connectivity index (χ3v) is 20.3. The average molecular weight is 1390 g/mol. The molecule has 7 atom stereocenters. The largest absolute Gasteiger partial charge is 0.508 e. The number of H-pyrrole nitrogens is 2. The summed E-state index contributed by atoms with van der Waals surface area (Å²) in [6.45, 7) is 0.626. The standard InChI is InChI=1S/C71H81F2N13O11S2/c1-71-24-7-26-86(71)69(96)58(29-41-13-18-49(87)19-14-41)81-63(90)37-85-60-12-3-2-10-44(60)15-20-55(68(85)95)82-67(94)57(31-46-35-77-53-22-17-48(73)33-51(46)53)83-66(93)56(30-45-34-76-52-21-16-47(72)32-50(45)52)80-62(89)36-78-65(92)54(11-4-5-25-74)79-61(88)23-27-98-38-42-8-6-9-43(28-42)39-99-40-59(64(75)91)84-70(71)97/h2-3,6,8-10,12-14,16-19,21-22,28,32-35,54-59,76-77,87H,4-5,7,11,15,20,23-27,29-31,36-40,74H2,1H3,(H2,75,91)(H,78,92)(H,79,88)(H,80,89)(H,81,90)(H,82,94)(H,83,93)(H,84,97)/t54-,55+,56-,57-,58-,59-,71-/m0/s1. The highest BCUT2D eigenvalue weighted by Crippen LogP contribution is 2.33. The Morgan fingerprint density at radius 3 is 1.96 bits per heavy atom. The van der Waals surface area contributed by atoms with Crippen molar-refractivity contribution in [3.8, 4) is 5.75 Å². The van der Waals surface area contributed by atoms with Crippen molar-refractivity contribution in [1.29, 1.82) is 0 Å². The SMILES string of the molecule is C[C@@]12CCCN1C(=O)[C@H](Cc1ccc(O)cc1)NC(=O)CN1C(=O)[C@@H](CCc3ccccc31)NC(=O)[C@H](Cc1c[nH]c3ccc(F)cc13)NC(=O)[C@H](Cc1c[nH]c3ccc(F)cc13)NC(=O)CNC(=O)[C@H](CCCCN)NC(=O)CCSCc1cccc(c1)CSC[C@@H](C(N)=O)NC2=O. The lowest BCUT2D eigenvalue weighted by Gasteiger charge is -2.37. The molecule has 10 amide bonds. The number of carbonyl (C=O) groups is 10. The van der Waals surface area contributed by atoms with Gasteiger partial charge in [-0.1, -0.05) is 54.6 Å². The minimum Gasteiger partial charge on any atom is -0.508 e. The van der Waals surface area contributed by atoms with E-state index in [2.05, 4.69) is 47.2 Å². The van der Waals surface area contributed by atoms with E-state index in [0.717, 1.165) is 11.1 Å². The number of aromatic nitrogens is 2. The molecule has 1 fully saturated rings. The fourth-order valence-corrected chi connectivity index (χ4v) is 14.7. The zero-order valence-corrected chi connectivity index (χ0v) is 56.2. The monoisotopic (exact) mass is 1390 g/mol. The Bertz CT molecular complexity index is 4150. The predicted octanol–water partition coefficient (Wildman–Crippen LogP) is 4.23. The molecule has 0 spiro atoms. The number of phenols is 1. The quantitative estimate of drug-likeness (QED) is 0.0807. The summed E-state index contributed by atoms with van der Waals surface area (Å²) in [5.74, 6) is -7.26. The Balaban J connectivity index is 0.974. The number of hydrogen-bond acceptors (Lipinski definition) is 14. The van der Waals surface area contributed by atoms with Crippen LogP contribution in [0.15, 0.2) is 122 Å². The molecule has 4 bridgehead atoms. The Morgan fingerprint density at radius 2 is 1.28 bits per heavy atom. The lowest BCUT2D eigenvalue weighted by Crippen LogP contribution is -2.62. The first-order chi connectivity index (χ1) is 47.6. The highest BCUT2D eigenvalue weighted by atomic mass is 32.2. The smallest absolute Gasteiger partial charge is 0.250 e. The van der Waals surface area contributed by atoms with Crippen LogP contribution in [0.25, 0.3) is 21.8 Å². The molecule has 5 heterocycles. The zero-order chi connectivity index (χ0) is 70.3. The molecule has 28 heteroatoms. The first kappa shape index (κ1) is 72.0. The van der Waals surface area contributed by atoms with Gasteiger partial charge in [0.2, 0.25) is 59.1 Å². The third-order valence-electron chi connectivity index (χ3n) is 18.1. The van der Waals surface area contributed by atoms with Gasteiger partial charge in [-0.3, -0.25) is 47.9 Å². The number of nitrogens with zero attached hydrogens (tertiary/aromatic N) is 2. The van der Waals surface area contributed by atoms with E-state index in [-0.39, 0.29) is 69.4 Å². The van der Waals surface area contributed by atoms with E-state index in [0.29, 0.717) is 92.8 Å². The number of nitrogens with two attached hydrogens (primary N) is 2. The van der Waals surface area contributed by atoms with Crippen molar-refractivity contribution < 1.29 is 61.8 Å². The number of primary amides is 1. The molecule has 522 valence electrons. The highest BCUT2D eigenvalue weighted by molar-refractivity contribution is 7.98. The number of halogens is 2. The van der Waals surface area contributed by atoms with Gasteiger partial charge < -0.3 is 73.6 Å². The number of phenolic OH excluding ortho intramolecular Hbond substituents is 1. The molecule has 3 aliphatic rings. The van der Waals surface area contributed by atoms with E-state index < -0.39 is 126 Å². The van der Waals surface area contributed by atoms with Gasteiger partial charge in [-0.25, -0.2) is 8.78 Å². The van der Waals surface area contributed by atoms with Crippen LogP contribution in [0.4, 0.5) is 14.5 Å². The van der Waals surface area contributed by atoms with Gasteiger partial charge in [-0.2, -0.15) is 23.5 Å². The molecule has 5 aromatic carbocycles. The first-order valence-corrected chi connectivity index (χ1v) is 35.2. The molecule has 2 aromatic heterocycles. The van der Waals surface area contributed by atoms with Crippen molar-refractivity contribution in [2.45, 2.75) is 131 Å². The summed E-state index contributed by atoms with van der Waals surface area (Å²) in [5, 5.41) is 30.3. The number of hydrogen-bond donors (Lipinski definition) is 12. The van der Waals surface area contributed by atoms with Gasteiger partial charge in [0.25, 0.3) is 0 Å². The second-order valence-corrected chi connectivity index (χ2v) is 27.4. The van der Waals surface area contributed by atoms with Gasteiger partial charge in [0.1, 0.15) is 65.7 Å². The van der Waals surface area contributed by atoms with Gasteiger partial charge in [0.15, 0.2) is 0 Å². The van der Waals surface area contributed by atoms with E-state index in [1.807, 2.05) is 24.3 Å². The molecule has 0 radical (unpaired) electrons. The molecule has 0 saturated carbocycles. The Hall–Kier alpha value is -9.80. The van der Waals surface area contributed by atoms with Crippen LogP contribution in [0, 0.1) is 11.6 Å². The number of amides is 10. The normalized spacial score (nSPS) is 22.7. The number of thioether (sulfide) groups is 2. The number of aromatic hydroxyl groups is 1. The lowest BCUT2D eigenvalue weighted by molar-refractivity contribution is -0.147. The van der Waals surface area contributed by atoms with Crippen LogP contribution in [-0.2, 0) is 85.1 Å². The van der Waals surface area contributed by atoms with Gasteiger partial charge in [0.05, 0.1) is 6.54 Å². The van der Waals surface area contributed by atoms with Crippen molar-refractivity contribution in [3.63, 3.8) is 0 Å². The summed E-state index contributed by atoms with van der Waals surface area (Å²) in [4.78, 5) is 154. The molecule has 24 nitrogen and oxygen atoms in total. The summed E-state index contributed by atoms with van der Waals surface area (Å²) in [5.41, 5.74) is 15.3. The number of anilines is 1. The van der Waals surface area contributed by atoms with E-state index in [1.165, 1.54) is 94.2 Å². The molecular weight excluding hydrogens is 1310 g/mol. The number of fused-ring (bicyclic) bond motifs is 9. The molecule has 1 saturated heterocycles. The minimum absolute atomic E-state index is 0.0163. The minimum atomic E-state index is -1.58. The second-order valence-electron chi connectivity index (χ2n) is 25.3. The molecular formula is C71H81F2N13O11S2. The zero-order valence-electron chi connectivity index (χ0n) is 54.6. The molecule has 10 rings (SSSR count). The number of para-hydroxylation sites is 1. The Morgan fingerprint density at radius 1 is 0.646 bits per heavy atom. The van der Waals surface area contributed by atoms with E-state index in [1.54, 1.807) is 43.3 Å². The number of unbranched alkanes of at least 4 members (excludes halogenated alkanes) is 1. The van der Waals surface area contributed by atoms with Gasteiger partial charge in [-0.05, 0) is 146 Å². The van der Waals surface area contributed by atoms with E-state index in [4.69, 9.17) is 11.5 Å². The molecule has 0 unspecified atom stereocenters. The first-order valence-electron chi connectivity index (χ1n) is 32.9. The summed E-state index contributed by atoms with van der Waals surface area (Å²) >= 11 is 2.85. The Labute approximate surface area is 578 Å². The van der Waals surface area contributed by atoms with Crippen molar-refractivity contribution in [2.75, 3.05) is 42.6 Å². The van der Waals surface area contributed by atoms with Crippen LogP contribution in [-0.4, -0.2) is 159 Å². The fourth-order valence-electron chi connectivity index (χ4n) is 12.8. The molecule has 99 heavy (non-hydrogen) atoms.